The number of rotatable bonds is 13. The van der Waals surface area contributed by atoms with E-state index in [1.165, 1.54) is 17.7 Å². The van der Waals surface area contributed by atoms with Gasteiger partial charge in [0, 0.05) is 5.38 Å². The van der Waals surface area contributed by atoms with Gasteiger partial charge in [0.2, 0.25) is 11.7 Å². The van der Waals surface area contributed by atoms with Gasteiger partial charge < -0.3 is 28.8 Å². The van der Waals surface area contributed by atoms with E-state index >= 15 is 0 Å². The Morgan fingerprint density at radius 2 is 1.28 bits per heavy atom. The van der Waals surface area contributed by atoms with Gasteiger partial charge in [-0.1, -0.05) is 109 Å². The molecule has 238 valence electrons. The molecule has 1 unspecified atom stereocenters. The fourth-order valence-corrected chi connectivity index (χ4v) is 6.67. The number of nitrogens with zero attached hydrogens (tertiary/aromatic N) is 2. The first-order valence-electron chi connectivity index (χ1n) is 15.5. The van der Waals surface area contributed by atoms with Crippen LogP contribution in [-0.2, 0) is 44.6 Å². The zero-order chi connectivity index (χ0) is 31.9. The number of hydrogen-bond donors (Lipinski definition) is 1. The van der Waals surface area contributed by atoms with E-state index in [0.29, 0.717) is 40.6 Å². The highest BCUT2D eigenvalue weighted by Crippen LogP contribution is 2.46. The fourth-order valence-electron chi connectivity index (χ4n) is 5.68. The molecule has 0 spiro atoms. The SMILES string of the molecule is OC1(c2csc3c(Oc4ccccc4)ncnc23)O[C@H](COCc2ccccc2)[C@@H](OCc2ccccc2)[C@@H]1OCc1ccccc1. The Morgan fingerprint density at radius 3 is 1.91 bits per heavy atom. The molecule has 0 amide bonds. The summed E-state index contributed by atoms with van der Waals surface area (Å²) in [5, 5.41) is 14.5. The van der Waals surface area contributed by atoms with Crippen molar-refractivity contribution in [2.75, 3.05) is 6.61 Å². The van der Waals surface area contributed by atoms with Gasteiger partial charge in [0.25, 0.3) is 0 Å². The van der Waals surface area contributed by atoms with E-state index in [9.17, 15) is 5.11 Å². The quantitative estimate of drug-likeness (QED) is 0.139. The third kappa shape index (κ3) is 7.11. The monoisotopic (exact) mass is 646 g/mol. The number of aromatic nitrogens is 2. The van der Waals surface area contributed by atoms with Crippen molar-refractivity contribution in [3.8, 4) is 11.6 Å². The summed E-state index contributed by atoms with van der Waals surface area (Å²) >= 11 is 1.37. The normalized spacial score (nSPS) is 20.8. The first-order chi connectivity index (χ1) is 23.2. The highest BCUT2D eigenvalue weighted by molar-refractivity contribution is 7.17. The summed E-state index contributed by atoms with van der Waals surface area (Å²) in [7, 11) is 0. The molecule has 1 saturated heterocycles. The molecule has 7 rings (SSSR count). The Balaban J connectivity index is 1.23. The number of fused-ring (bicyclic) bond motifs is 1. The van der Waals surface area contributed by atoms with E-state index in [0.717, 1.165) is 16.7 Å². The van der Waals surface area contributed by atoms with Gasteiger partial charge in [0.05, 0.1) is 37.5 Å². The van der Waals surface area contributed by atoms with Crippen LogP contribution in [-0.4, -0.2) is 40.0 Å². The lowest BCUT2D eigenvalue weighted by Gasteiger charge is -2.30. The van der Waals surface area contributed by atoms with Crippen LogP contribution in [0.4, 0.5) is 0 Å². The standard InChI is InChI=1S/C38H34N2O6S/c41-38(31-25-47-35-33(31)39-26-40-37(35)45-30-19-11-4-12-20-30)36(44-23-29-17-9-3-10-18-29)34(43-22-28-15-7-2-8-16-28)32(46-38)24-42-21-27-13-5-1-6-14-27/h1-20,25-26,32,34,36,41H,21-24H2/t32-,34-,36+,38?/m1/s1. The van der Waals surface area contributed by atoms with Crippen molar-refractivity contribution in [1.29, 1.82) is 0 Å². The predicted molar refractivity (Wildman–Crippen MR) is 179 cm³/mol. The third-order valence-electron chi connectivity index (χ3n) is 8.00. The molecular weight excluding hydrogens is 612 g/mol. The summed E-state index contributed by atoms with van der Waals surface area (Å²) in [5.74, 6) is -0.888. The van der Waals surface area contributed by atoms with Crippen LogP contribution in [0, 0.1) is 0 Å². The van der Waals surface area contributed by atoms with Crippen molar-refractivity contribution in [1.82, 2.24) is 9.97 Å². The van der Waals surface area contributed by atoms with E-state index in [-0.39, 0.29) is 13.2 Å². The van der Waals surface area contributed by atoms with Crippen molar-refractivity contribution in [3.63, 3.8) is 0 Å². The van der Waals surface area contributed by atoms with Crippen molar-refractivity contribution in [3.05, 3.63) is 155 Å². The summed E-state index contributed by atoms with van der Waals surface area (Å²) in [4.78, 5) is 8.98. The molecule has 2 aromatic heterocycles. The van der Waals surface area contributed by atoms with Gasteiger partial charge in [0.1, 0.15) is 35.1 Å². The molecule has 0 radical (unpaired) electrons. The molecule has 0 saturated carbocycles. The van der Waals surface area contributed by atoms with Crippen LogP contribution < -0.4 is 4.74 Å². The fraction of sp³-hybridized carbons (Fsp3) is 0.211. The van der Waals surface area contributed by atoms with E-state index in [4.69, 9.17) is 23.7 Å². The largest absolute Gasteiger partial charge is 0.437 e. The lowest BCUT2D eigenvalue weighted by atomic mass is 9.98. The van der Waals surface area contributed by atoms with Crippen LogP contribution in [0.5, 0.6) is 11.6 Å². The highest BCUT2D eigenvalue weighted by atomic mass is 32.1. The molecule has 4 atom stereocenters. The number of para-hydroxylation sites is 1. The van der Waals surface area contributed by atoms with Crippen LogP contribution in [0.15, 0.2) is 133 Å². The van der Waals surface area contributed by atoms with Crippen LogP contribution in [0.2, 0.25) is 0 Å². The lowest BCUT2D eigenvalue weighted by molar-refractivity contribution is -0.252. The number of hydrogen-bond acceptors (Lipinski definition) is 9. The zero-order valence-corrected chi connectivity index (χ0v) is 26.4. The van der Waals surface area contributed by atoms with Gasteiger partial charge in [-0.25, -0.2) is 9.97 Å². The highest BCUT2D eigenvalue weighted by Gasteiger charge is 2.58. The maximum absolute atomic E-state index is 12.6. The maximum atomic E-state index is 12.6. The first-order valence-corrected chi connectivity index (χ1v) is 16.3. The lowest BCUT2D eigenvalue weighted by Crippen LogP contribution is -2.44. The smallest absolute Gasteiger partial charge is 0.240 e. The molecule has 0 aliphatic carbocycles. The molecule has 3 heterocycles. The summed E-state index contributed by atoms with van der Waals surface area (Å²) < 4.78 is 32.7. The second-order valence-corrected chi connectivity index (χ2v) is 12.1. The van der Waals surface area contributed by atoms with Crippen LogP contribution >= 0.6 is 11.3 Å². The summed E-state index contributed by atoms with van der Waals surface area (Å²) in [6, 6.07) is 39.1. The second-order valence-electron chi connectivity index (χ2n) is 11.3. The van der Waals surface area contributed by atoms with E-state index in [1.807, 2.05) is 127 Å². The van der Waals surface area contributed by atoms with Crippen LogP contribution in [0.3, 0.4) is 0 Å². The molecular formula is C38H34N2O6S. The molecule has 1 aliphatic heterocycles. The molecule has 8 nitrogen and oxygen atoms in total. The van der Waals surface area contributed by atoms with E-state index < -0.39 is 24.1 Å². The number of ether oxygens (including phenoxy) is 5. The van der Waals surface area contributed by atoms with Gasteiger partial charge in [-0.05, 0) is 28.8 Å². The Labute approximate surface area is 277 Å². The summed E-state index contributed by atoms with van der Waals surface area (Å²) in [6.07, 6.45) is -0.844. The predicted octanol–water partition coefficient (Wildman–Crippen LogP) is 7.42. The number of thiophene rings is 1. The number of aliphatic hydroxyl groups is 1. The molecule has 1 aliphatic rings. The van der Waals surface area contributed by atoms with E-state index in [2.05, 4.69) is 9.97 Å². The second kappa shape index (κ2) is 14.5. The Kier molecular flexibility index (Phi) is 9.62. The zero-order valence-electron chi connectivity index (χ0n) is 25.6. The van der Waals surface area contributed by atoms with Gasteiger partial charge >= 0.3 is 0 Å². The average Bonchev–Trinajstić information content (AvgIpc) is 3.68. The van der Waals surface area contributed by atoms with Gasteiger partial charge in [-0.3, -0.25) is 0 Å². The van der Waals surface area contributed by atoms with Gasteiger partial charge in [-0.15, -0.1) is 11.3 Å². The first kappa shape index (κ1) is 31.1. The molecule has 4 aromatic carbocycles. The minimum absolute atomic E-state index is 0.168. The van der Waals surface area contributed by atoms with Crippen molar-refractivity contribution in [2.24, 2.45) is 0 Å². The van der Waals surface area contributed by atoms with Crippen molar-refractivity contribution in [2.45, 2.75) is 43.9 Å². The molecule has 6 aromatic rings. The van der Waals surface area contributed by atoms with Crippen LogP contribution in [0.1, 0.15) is 22.3 Å². The van der Waals surface area contributed by atoms with Crippen molar-refractivity contribution < 1.29 is 28.8 Å². The summed E-state index contributed by atoms with van der Waals surface area (Å²) in [6.45, 7) is 1.09. The van der Waals surface area contributed by atoms with Gasteiger partial charge in [0.15, 0.2) is 0 Å². The molecule has 1 N–H and O–H groups in total. The molecule has 1 fully saturated rings. The van der Waals surface area contributed by atoms with Crippen LogP contribution in [0.25, 0.3) is 10.2 Å². The third-order valence-corrected chi connectivity index (χ3v) is 8.95. The average molecular weight is 647 g/mol. The van der Waals surface area contributed by atoms with Crippen molar-refractivity contribution >= 4 is 21.6 Å². The molecule has 9 heteroatoms. The minimum atomic E-state index is -1.92. The number of benzene rings is 4. The maximum Gasteiger partial charge on any atom is 0.240 e. The topological polar surface area (TPSA) is 92.2 Å². The summed E-state index contributed by atoms with van der Waals surface area (Å²) in [5.41, 5.74) is 3.95. The Bertz CT molecular complexity index is 1860. The van der Waals surface area contributed by atoms with E-state index in [1.54, 1.807) is 0 Å². The molecule has 0 bridgehead atoms. The molecule has 47 heavy (non-hydrogen) atoms. The van der Waals surface area contributed by atoms with Gasteiger partial charge in [-0.2, -0.15) is 0 Å². The minimum Gasteiger partial charge on any atom is -0.437 e. The Morgan fingerprint density at radius 1 is 0.702 bits per heavy atom. The Hall–Kier alpha value is -4.48.